The van der Waals surface area contributed by atoms with Crippen LogP contribution in [0.4, 0.5) is 5.13 Å². The fourth-order valence-corrected chi connectivity index (χ4v) is 3.83. The van der Waals surface area contributed by atoms with Gasteiger partial charge in [-0.25, -0.2) is 4.98 Å². The Labute approximate surface area is 126 Å². The van der Waals surface area contributed by atoms with Crippen molar-refractivity contribution in [3.63, 3.8) is 0 Å². The molecule has 1 aromatic carbocycles. The number of hydrogen-bond acceptors (Lipinski definition) is 4. The molecule has 1 aliphatic heterocycles. The summed E-state index contributed by atoms with van der Waals surface area (Å²) < 4.78 is 2.33. The summed E-state index contributed by atoms with van der Waals surface area (Å²) in [4.78, 5) is 7.10. The summed E-state index contributed by atoms with van der Waals surface area (Å²) in [6.07, 6.45) is 2.39. The molecule has 1 saturated heterocycles. The van der Waals surface area contributed by atoms with Crippen LogP contribution >= 0.6 is 27.3 Å². The van der Waals surface area contributed by atoms with Gasteiger partial charge in [-0.05, 0) is 45.0 Å². The standard InChI is InChI=1S/C14H18BrN3S/c1-9-7-11(5-6-18(9)2)16-14-17-12-8-10(15)3-4-13(12)19-14/h3-4,8-9,11H,5-7H2,1-2H3,(H,16,17). The van der Waals surface area contributed by atoms with Crippen LogP contribution in [-0.4, -0.2) is 35.6 Å². The van der Waals surface area contributed by atoms with Crippen molar-refractivity contribution in [1.29, 1.82) is 0 Å². The zero-order valence-electron chi connectivity index (χ0n) is 11.2. The first-order valence-electron chi connectivity index (χ1n) is 6.64. The molecule has 1 fully saturated rings. The molecular weight excluding hydrogens is 322 g/mol. The number of piperidine rings is 1. The summed E-state index contributed by atoms with van der Waals surface area (Å²) in [5.41, 5.74) is 1.07. The quantitative estimate of drug-likeness (QED) is 0.897. The molecule has 2 unspecified atom stereocenters. The van der Waals surface area contributed by atoms with Crippen LogP contribution in [0.2, 0.25) is 0 Å². The van der Waals surface area contributed by atoms with Gasteiger partial charge in [0, 0.05) is 23.1 Å². The Bertz CT molecular complexity index is 583. The summed E-state index contributed by atoms with van der Waals surface area (Å²) in [5, 5.41) is 4.66. The first-order chi connectivity index (χ1) is 9.11. The number of thiazole rings is 1. The molecule has 2 atom stereocenters. The molecule has 0 amide bonds. The van der Waals surface area contributed by atoms with Crippen molar-refractivity contribution in [2.45, 2.75) is 31.8 Å². The Morgan fingerprint density at radius 3 is 3.11 bits per heavy atom. The number of nitrogens with one attached hydrogen (secondary N) is 1. The van der Waals surface area contributed by atoms with Crippen LogP contribution in [0.5, 0.6) is 0 Å². The van der Waals surface area contributed by atoms with Gasteiger partial charge in [0.2, 0.25) is 0 Å². The maximum absolute atomic E-state index is 4.68. The fraction of sp³-hybridized carbons (Fsp3) is 0.500. The maximum atomic E-state index is 4.68. The molecular formula is C14H18BrN3S. The van der Waals surface area contributed by atoms with Crippen LogP contribution in [0.1, 0.15) is 19.8 Å². The van der Waals surface area contributed by atoms with Crippen molar-refractivity contribution in [2.75, 3.05) is 18.9 Å². The Balaban J connectivity index is 1.74. The van der Waals surface area contributed by atoms with E-state index >= 15 is 0 Å². The van der Waals surface area contributed by atoms with Gasteiger partial charge >= 0.3 is 0 Å². The highest BCUT2D eigenvalue weighted by Crippen LogP contribution is 2.30. The average molecular weight is 340 g/mol. The lowest BCUT2D eigenvalue weighted by Gasteiger charge is -2.35. The smallest absolute Gasteiger partial charge is 0.184 e. The van der Waals surface area contributed by atoms with Gasteiger partial charge in [0.25, 0.3) is 0 Å². The predicted molar refractivity (Wildman–Crippen MR) is 86.1 cm³/mol. The molecule has 2 heterocycles. The van der Waals surface area contributed by atoms with Crippen molar-refractivity contribution in [1.82, 2.24) is 9.88 Å². The van der Waals surface area contributed by atoms with Crippen LogP contribution in [0.25, 0.3) is 10.2 Å². The summed E-state index contributed by atoms with van der Waals surface area (Å²) in [5.74, 6) is 0. The molecule has 0 bridgehead atoms. The number of anilines is 1. The first kappa shape index (κ1) is 13.3. The number of likely N-dealkylation sites (tertiary alicyclic amines) is 1. The van der Waals surface area contributed by atoms with Gasteiger partial charge < -0.3 is 10.2 Å². The third-order valence-corrected chi connectivity index (χ3v) is 5.35. The van der Waals surface area contributed by atoms with E-state index in [1.807, 2.05) is 0 Å². The van der Waals surface area contributed by atoms with Crippen molar-refractivity contribution >= 4 is 42.6 Å². The average Bonchev–Trinajstić information content (AvgIpc) is 2.75. The van der Waals surface area contributed by atoms with Crippen molar-refractivity contribution in [2.24, 2.45) is 0 Å². The SMILES string of the molecule is CC1CC(Nc2nc3cc(Br)ccc3s2)CCN1C. The second-order valence-corrected chi connectivity index (χ2v) is 7.27. The minimum atomic E-state index is 0.551. The largest absolute Gasteiger partial charge is 0.359 e. The molecule has 5 heteroatoms. The lowest BCUT2D eigenvalue weighted by atomic mass is 9.99. The molecule has 3 nitrogen and oxygen atoms in total. The molecule has 0 aliphatic carbocycles. The maximum Gasteiger partial charge on any atom is 0.184 e. The van der Waals surface area contributed by atoms with E-state index in [0.717, 1.165) is 21.7 Å². The van der Waals surface area contributed by atoms with Gasteiger partial charge in [0.1, 0.15) is 0 Å². The summed E-state index contributed by atoms with van der Waals surface area (Å²) >= 11 is 5.24. The Hall–Kier alpha value is -0.650. The van der Waals surface area contributed by atoms with Crippen LogP contribution in [-0.2, 0) is 0 Å². The summed E-state index contributed by atoms with van der Waals surface area (Å²) in [6, 6.07) is 7.47. The van der Waals surface area contributed by atoms with E-state index < -0.39 is 0 Å². The summed E-state index contributed by atoms with van der Waals surface area (Å²) in [6.45, 7) is 3.46. The highest BCUT2D eigenvalue weighted by molar-refractivity contribution is 9.10. The third-order valence-electron chi connectivity index (χ3n) is 3.89. The topological polar surface area (TPSA) is 28.2 Å². The van der Waals surface area contributed by atoms with E-state index in [4.69, 9.17) is 0 Å². The zero-order valence-corrected chi connectivity index (χ0v) is 13.6. The number of aromatic nitrogens is 1. The van der Waals surface area contributed by atoms with Gasteiger partial charge in [0.15, 0.2) is 5.13 Å². The van der Waals surface area contributed by atoms with E-state index in [1.54, 1.807) is 11.3 Å². The van der Waals surface area contributed by atoms with Gasteiger partial charge in [-0.1, -0.05) is 27.3 Å². The highest BCUT2D eigenvalue weighted by atomic mass is 79.9. The van der Waals surface area contributed by atoms with E-state index in [2.05, 4.69) is 63.3 Å². The van der Waals surface area contributed by atoms with Gasteiger partial charge in [-0.3, -0.25) is 0 Å². The fourth-order valence-electron chi connectivity index (χ4n) is 2.56. The number of benzene rings is 1. The molecule has 1 aliphatic rings. The van der Waals surface area contributed by atoms with Crippen LogP contribution < -0.4 is 5.32 Å². The number of fused-ring (bicyclic) bond motifs is 1. The minimum Gasteiger partial charge on any atom is -0.359 e. The highest BCUT2D eigenvalue weighted by Gasteiger charge is 2.23. The monoisotopic (exact) mass is 339 g/mol. The van der Waals surface area contributed by atoms with Gasteiger partial charge in [-0.15, -0.1) is 0 Å². The molecule has 1 aromatic heterocycles. The summed E-state index contributed by atoms with van der Waals surface area (Å²) in [7, 11) is 2.20. The lowest BCUT2D eigenvalue weighted by Crippen LogP contribution is -2.42. The van der Waals surface area contributed by atoms with Crippen molar-refractivity contribution in [3.8, 4) is 0 Å². The Kier molecular flexibility index (Phi) is 3.78. The number of hydrogen-bond donors (Lipinski definition) is 1. The van der Waals surface area contributed by atoms with E-state index in [9.17, 15) is 0 Å². The molecule has 3 rings (SSSR count). The Morgan fingerprint density at radius 2 is 2.32 bits per heavy atom. The second-order valence-electron chi connectivity index (χ2n) is 5.33. The van der Waals surface area contributed by atoms with E-state index in [-0.39, 0.29) is 0 Å². The van der Waals surface area contributed by atoms with Gasteiger partial charge in [-0.2, -0.15) is 0 Å². The molecule has 1 N–H and O–H groups in total. The van der Waals surface area contributed by atoms with Crippen molar-refractivity contribution < 1.29 is 0 Å². The van der Waals surface area contributed by atoms with E-state index in [1.165, 1.54) is 17.5 Å². The minimum absolute atomic E-state index is 0.551. The normalized spacial score (nSPS) is 24.8. The lowest BCUT2D eigenvalue weighted by molar-refractivity contribution is 0.190. The number of halogens is 1. The van der Waals surface area contributed by atoms with E-state index in [0.29, 0.717) is 12.1 Å². The van der Waals surface area contributed by atoms with Crippen molar-refractivity contribution in [3.05, 3.63) is 22.7 Å². The van der Waals surface area contributed by atoms with Crippen LogP contribution in [0.15, 0.2) is 22.7 Å². The Morgan fingerprint density at radius 1 is 1.47 bits per heavy atom. The molecule has 19 heavy (non-hydrogen) atoms. The molecule has 0 spiro atoms. The molecule has 2 aromatic rings. The molecule has 0 saturated carbocycles. The number of rotatable bonds is 2. The third kappa shape index (κ3) is 2.93. The number of nitrogens with zero attached hydrogens (tertiary/aromatic N) is 2. The van der Waals surface area contributed by atoms with Gasteiger partial charge in [0.05, 0.1) is 10.2 Å². The molecule has 102 valence electrons. The second kappa shape index (κ2) is 5.38. The predicted octanol–water partition coefficient (Wildman–Crippen LogP) is 3.95. The first-order valence-corrected chi connectivity index (χ1v) is 8.25. The van der Waals surface area contributed by atoms with Crippen LogP contribution in [0.3, 0.4) is 0 Å². The molecule has 0 radical (unpaired) electrons. The zero-order chi connectivity index (χ0) is 13.4. The van der Waals surface area contributed by atoms with Crippen LogP contribution in [0, 0.1) is 0 Å².